The first-order chi connectivity index (χ1) is 6.61. The average Bonchev–Trinajstić information content (AvgIpc) is 2.46. The molecule has 5 nitrogen and oxygen atoms in total. The first-order valence-corrected chi connectivity index (χ1v) is 5.92. The minimum Gasteiger partial charge on any atom is -0.396 e. The monoisotopic (exact) mass is 213 g/mol. The van der Waals surface area contributed by atoms with Gasteiger partial charge in [0, 0.05) is 12.7 Å². The van der Waals surface area contributed by atoms with Gasteiger partial charge in [0.1, 0.15) is 0 Å². The van der Waals surface area contributed by atoms with Crippen molar-refractivity contribution in [2.75, 3.05) is 22.3 Å². The zero-order valence-electron chi connectivity index (χ0n) is 7.55. The Kier molecular flexibility index (Phi) is 2.07. The molecule has 6 heteroatoms. The number of anilines is 2. The highest BCUT2D eigenvalue weighted by Gasteiger charge is 2.29. The van der Waals surface area contributed by atoms with Gasteiger partial charge in [0.25, 0.3) is 0 Å². The highest BCUT2D eigenvalue weighted by Crippen LogP contribution is 2.27. The number of sulfonamides is 1. The summed E-state index contributed by atoms with van der Waals surface area (Å²) in [6, 6.07) is 1.62. The fraction of sp³-hybridized carbons (Fsp3) is 0.375. The van der Waals surface area contributed by atoms with Gasteiger partial charge in [-0.1, -0.05) is 0 Å². The van der Waals surface area contributed by atoms with Gasteiger partial charge < -0.3 is 5.73 Å². The molecule has 0 unspecified atom stereocenters. The molecule has 0 bridgehead atoms. The number of nitrogens with two attached hydrogens (primary N) is 1. The number of nitrogen functional groups attached to an aromatic ring is 1. The van der Waals surface area contributed by atoms with E-state index in [-0.39, 0.29) is 5.75 Å². The molecule has 1 fully saturated rings. The molecule has 0 spiro atoms. The van der Waals surface area contributed by atoms with E-state index >= 15 is 0 Å². The largest absolute Gasteiger partial charge is 0.396 e. The molecule has 1 aliphatic rings. The zero-order chi connectivity index (χ0) is 10.2. The molecule has 2 heterocycles. The van der Waals surface area contributed by atoms with Crippen molar-refractivity contribution < 1.29 is 8.42 Å². The quantitative estimate of drug-likeness (QED) is 0.723. The van der Waals surface area contributed by atoms with Gasteiger partial charge in [-0.3, -0.25) is 9.29 Å². The lowest BCUT2D eigenvalue weighted by Crippen LogP contribution is -2.25. The molecule has 76 valence electrons. The fourth-order valence-corrected chi connectivity index (χ4v) is 3.12. The Hall–Kier alpha value is -1.30. The highest BCUT2D eigenvalue weighted by atomic mass is 32.2. The van der Waals surface area contributed by atoms with Gasteiger partial charge in [-0.25, -0.2) is 8.42 Å². The van der Waals surface area contributed by atoms with Crippen LogP contribution >= 0.6 is 0 Å². The second kappa shape index (κ2) is 3.13. The van der Waals surface area contributed by atoms with E-state index < -0.39 is 10.0 Å². The number of aromatic nitrogens is 1. The van der Waals surface area contributed by atoms with Crippen LogP contribution in [-0.4, -0.2) is 25.7 Å². The van der Waals surface area contributed by atoms with Crippen LogP contribution in [0.25, 0.3) is 0 Å². The first kappa shape index (κ1) is 9.26. The van der Waals surface area contributed by atoms with Gasteiger partial charge in [0.15, 0.2) is 0 Å². The SMILES string of the molecule is Nc1cnccc1N1CCCS1(=O)=O. The summed E-state index contributed by atoms with van der Waals surface area (Å²) in [5.41, 5.74) is 6.59. The molecule has 0 aliphatic carbocycles. The molecule has 2 N–H and O–H groups in total. The molecule has 0 amide bonds. The van der Waals surface area contributed by atoms with E-state index in [1.165, 1.54) is 10.5 Å². The lowest BCUT2D eigenvalue weighted by molar-refractivity contribution is 0.599. The summed E-state index contributed by atoms with van der Waals surface area (Å²) in [4.78, 5) is 3.82. The molecular formula is C8H11N3O2S. The second-order valence-corrected chi connectivity index (χ2v) is 5.19. The molecule has 1 aromatic rings. The van der Waals surface area contributed by atoms with Gasteiger partial charge in [0.05, 0.1) is 23.3 Å². The smallest absolute Gasteiger partial charge is 0.235 e. The minimum absolute atomic E-state index is 0.203. The third-order valence-corrected chi connectivity index (χ3v) is 4.05. The van der Waals surface area contributed by atoms with Crippen molar-refractivity contribution in [3.8, 4) is 0 Å². The van der Waals surface area contributed by atoms with Crippen LogP contribution in [0.1, 0.15) is 6.42 Å². The lowest BCUT2D eigenvalue weighted by atomic mass is 10.3. The lowest BCUT2D eigenvalue weighted by Gasteiger charge is -2.17. The average molecular weight is 213 g/mol. The van der Waals surface area contributed by atoms with E-state index in [1.807, 2.05) is 0 Å². The predicted molar refractivity (Wildman–Crippen MR) is 54.4 cm³/mol. The van der Waals surface area contributed by atoms with Crippen molar-refractivity contribution in [2.24, 2.45) is 0 Å². The predicted octanol–water partition coefficient (Wildman–Crippen LogP) is 0.204. The van der Waals surface area contributed by atoms with Crippen LogP contribution in [0.2, 0.25) is 0 Å². The van der Waals surface area contributed by atoms with E-state index in [0.717, 1.165) is 0 Å². The number of hydrogen-bond acceptors (Lipinski definition) is 4. The summed E-state index contributed by atoms with van der Waals surface area (Å²) >= 11 is 0. The Morgan fingerprint density at radius 2 is 2.29 bits per heavy atom. The molecule has 14 heavy (non-hydrogen) atoms. The standard InChI is InChI=1S/C8H11N3O2S/c9-7-6-10-3-2-8(7)11-4-1-5-14(11,12)13/h2-3,6H,1,4-5,9H2. The highest BCUT2D eigenvalue weighted by molar-refractivity contribution is 7.93. The van der Waals surface area contributed by atoms with E-state index in [1.54, 1.807) is 12.3 Å². The molecular weight excluding hydrogens is 202 g/mol. The third kappa shape index (κ3) is 1.41. The molecule has 2 rings (SSSR count). The third-order valence-electron chi connectivity index (χ3n) is 2.20. The molecule has 0 atom stereocenters. The Morgan fingerprint density at radius 3 is 2.86 bits per heavy atom. The number of nitrogens with zero attached hydrogens (tertiary/aromatic N) is 2. The summed E-state index contributed by atoms with van der Waals surface area (Å²) in [6.45, 7) is 0.510. The van der Waals surface area contributed by atoms with Crippen molar-refractivity contribution in [2.45, 2.75) is 6.42 Å². The summed E-state index contributed by atoms with van der Waals surface area (Å²) in [5.74, 6) is 0.203. The van der Waals surface area contributed by atoms with Gasteiger partial charge in [-0.2, -0.15) is 0 Å². The van der Waals surface area contributed by atoms with Gasteiger partial charge in [-0.15, -0.1) is 0 Å². The van der Waals surface area contributed by atoms with Gasteiger partial charge in [0.2, 0.25) is 10.0 Å². The van der Waals surface area contributed by atoms with Crippen LogP contribution < -0.4 is 10.0 Å². The molecule has 0 radical (unpaired) electrons. The van der Waals surface area contributed by atoms with Crippen molar-refractivity contribution in [1.29, 1.82) is 0 Å². The summed E-state index contributed by atoms with van der Waals surface area (Å²) in [7, 11) is -3.14. The van der Waals surface area contributed by atoms with Crippen LogP contribution in [0.5, 0.6) is 0 Å². The first-order valence-electron chi connectivity index (χ1n) is 4.31. The van der Waals surface area contributed by atoms with Crippen LogP contribution in [0.3, 0.4) is 0 Å². The topological polar surface area (TPSA) is 76.3 Å². The Balaban J connectivity index is 2.46. The second-order valence-electron chi connectivity index (χ2n) is 3.18. The summed E-state index contributed by atoms with van der Waals surface area (Å²) in [5, 5.41) is 0. The molecule has 1 aromatic heterocycles. The Labute approximate surface area is 82.6 Å². The van der Waals surface area contributed by atoms with Crippen molar-refractivity contribution in [3.63, 3.8) is 0 Å². The number of rotatable bonds is 1. The molecule has 1 saturated heterocycles. The molecule has 1 aliphatic heterocycles. The van der Waals surface area contributed by atoms with Gasteiger partial charge >= 0.3 is 0 Å². The summed E-state index contributed by atoms with van der Waals surface area (Å²) in [6.07, 6.45) is 3.66. The number of pyridine rings is 1. The molecule has 0 aromatic carbocycles. The molecule has 0 saturated carbocycles. The maximum Gasteiger partial charge on any atom is 0.235 e. The van der Waals surface area contributed by atoms with Crippen LogP contribution in [0.15, 0.2) is 18.5 Å². The normalized spacial score (nSPS) is 19.9. The number of hydrogen-bond donors (Lipinski definition) is 1. The van der Waals surface area contributed by atoms with E-state index in [0.29, 0.717) is 24.3 Å². The summed E-state index contributed by atoms with van der Waals surface area (Å²) < 4.78 is 24.5. The van der Waals surface area contributed by atoms with Gasteiger partial charge in [-0.05, 0) is 12.5 Å². The van der Waals surface area contributed by atoms with E-state index in [9.17, 15) is 8.42 Å². The van der Waals surface area contributed by atoms with E-state index in [2.05, 4.69) is 4.98 Å². The van der Waals surface area contributed by atoms with Crippen molar-refractivity contribution in [1.82, 2.24) is 4.98 Å². The maximum absolute atomic E-state index is 11.6. The van der Waals surface area contributed by atoms with Crippen LogP contribution in [0.4, 0.5) is 11.4 Å². The van der Waals surface area contributed by atoms with Crippen LogP contribution in [-0.2, 0) is 10.0 Å². The van der Waals surface area contributed by atoms with E-state index in [4.69, 9.17) is 5.73 Å². The maximum atomic E-state index is 11.6. The van der Waals surface area contributed by atoms with Crippen LogP contribution in [0, 0.1) is 0 Å². The Morgan fingerprint density at radius 1 is 1.50 bits per heavy atom. The van der Waals surface area contributed by atoms with Crippen molar-refractivity contribution in [3.05, 3.63) is 18.5 Å². The van der Waals surface area contributed by atoms with Crippen molar-refractivity contribution >= 4 is 21.4 Å². The zero-order valence-corrected chi connectivity index (χ0v) is 8.37. The fourth-order valence-electron chi connectivity index (χ4n) is 1.54. The minimum atomic E-state index is -3.14. The Bertz CT molecular complexity index is 444.